The number of esters is 2. The van der Waals surface area contributed by atoms with E-state index in [2.05, 4.69) is 0 Å². The summed E-state index contributed by atoms with van der Waals surface area (Å²) in [6, 6.07) is 1.56. The average molecular weight is 797 g/mol. The molecule has 2 fully saturated rings. The van der Waals surface area contributed by atoms with Crippen LogP contribution in [0.15, 0.2) is 0 Å². The number of thioether (sulfide) groups is 2. The molecule has 0 aromatic heterocycles. The molecular weight excluding hydrogens is 725 g/mol. The molecule has 2 saturated carbocycles. The lowest BCUT2D eigenvalue weighted by molar-refractivity contribution is -0.158. The second-order valence-electron chi connectivity index (χ2n) is 14.2. The quantitative estimate of drug-likeness (QED) is 0.0430. The highest BCUT2D eigenvalue weighted by Crippen LogP contribution is 2.37. The first kappa shape index (κ1) is 47.0. The first-order valence-electron chi connectivity index (χ1n) is 19.9. The van der Waals surface area contributed by atoms with Gasteiger partial charge in [0.2, 0.25) is 0 Å². The summed E-state index contributed by atoms with van der Waals surface area (Å²) in [6.07, 6.45) is 9.95. The van der Waals surface area contributed by atoms with Crippen LogP contribution in [-0.4, -0.2) is 104 Å². The van der Waals surface area contributed by atoms with Crippen LogP contribution in [0.3, 0.4) is 0 Å². The van der Waals surface area contributed by atoms with Gasteiger partial charge in [-0.05, 0) is 91.6 Å². The van der Waals surface area contributed by atoms with E-state index in [9.17, 15) is 9.59 Å². The standard InChI is InChI=1S/C37H72O10S2Si2/c1-9-42-50(43-10-2,44-11-3)27-19-25-48-33-23-17-15-21-31(33)35(38)40-29-37(7,8)30-41-36(39)32-22-16-18-24-34(32)49-26-20-28-51(45-12-4,46-13-5)47-14-6/h31-34H,9-30H2,1-8H3. The molecule has 0 amide bonds. The molecule has 2 aliphatic carbocycles. The highest BCUT2D eigenvalue weighted by Gasteiger charge is 2.42. The van der Waals surface area contributed by atoms with Crippen molar-refractivity contribution >= 4 is 53.1 Å². The Morgan fingerprint density at radius 2 is 0.863 bits per heavy atom. The minimum Gasteiger partial charge on any atom is -0.465 e. The summed E-state index contributed by atoms with van der Waals surface area (Å²) in [4.78, 5) is 26.8. The van der Waals surface area contributed by atoms with Crippen LogP contribution in [-0.2, 0) is 45.6 Å². The maximum absolute atomic E-state index is 13.4. The van der Waals surface area contributed by atoms with Crippen LogP contribution in [0.2, 0.25) is 12.1 Å². The van der Waals surface area contributed by atoms with Gasteiger partial charge >= 0.3 is 29.5 Å². The zero-order chi connectivity index (χ0) is 37.6. The first-order valence-corrected chi connectivity index (χ1v) is 25.9. The third-order valence-corrected chi connectivity index (χ3v) is 18.7. The van der Waals surface area contributed by atoms with E-state index in [1.54, 1.807) is 0 Å². The molecule has 10 nitrogen and oxygen atoms in total. The van der Waals surface area contributed by atoms with Crippen LogP contribution in [0.4, 0.5) is 0 Å². The molecule has 2 rings (SSSR count). The lowest BCUT2D eigenvalue weighted by Crippen LogP contribution is -2.46. The highest BCUT2D eigenvalue weighted by molar-refractivity contribution is 8.00. The van der Waals surface area contributed by atoms with E-state index >= 15 is 0 Å². The lowest BCUT2D eigenvalue weighted by atomic mass is 9.88. The number of hydrogen-bond acceptors (Lipinski definition) is 12. The SMILES string of the molecule is CCO[Si](CCCSC1CCCCC1C(=O)OCC(C)(C)COC(=O)C1CCCCC1SCCC[Si](OCC)(OCC)OCC)(OCC)OCC. The number of carbonyl (C=O) groups excluding carboxylic acids is 2. The largest absolute Gasteiger partial charge is 0.500 e. The van der Waals surface area contributed by atoms with E-state index < -0.39 is 23.0 Å². The summed E-state index contributed by atoms with van der Waals surface area (Å²) in [7, 11) is -5.32. The molecule has 4 unspecified atom stereocenters. The van der Waals surface area contributed by atoms with E-state index in [-0.39, 0.29) is 47.5 Å². The van der Waals surface area contributed by atoms with E-state index in [0.717, 1.165) is 87.8 Å². The highest BCUT2D eigenvalue weighted by atomic mass is 32.2. The number of ether oxygens (including phenoxy) is 2. The summed E-state index contributed by atoms with van der Waals surface area (Å²) in [5, 5.41) is 0.484. The van der Waals surface area contributed by atoms with Crippen LogP contribution in [0.25, 0.3) is 0 Å². The number of carbonyl (C=O) groups is 2. The van der Waals surface area contributed by atoms with Gasteiger partial charge in [-0.1, -0.05) is 39.5 Å². The number of hydrogen-bond donors (Lipinski definition) is 0. The molecule has 14 heteroatoms. The van der Waals surface area contributed by atoms with Gasteiger partial charge in [-0.2, -0.15) is 23.5 Å². The van der Waals surface area contributed by atoms with E-state index in [4.69, 9.17) is 36.0 Å². The summed E-state index contributed by atoms with van der Waals surface area (Å²) in [5.74, 6) is 1.38. The Balaban J connectivity index is 1.83. The molecule has 4 atom stereocenters. The fourth-order valence-electron chi connectivity index (χ4n) is 6.97. The monoisotopic (exact) mass is 796 g/mol. The van der Waals surface area contributed by atoms with Gasteiger partial charge in [-0.15, -0.1) is 0 Å². The fraction of sp³-hybridized carbons (Fsp3) is 0.946. The zero-order valence-electron chi connectivity index (χ0n) is 33.3. The maximum Gasteiger partial charge on any atom is 0.500 e. The van der Waals surface area contributed by atoms with Crippen LogP contribution < -0.4 is 0 Å². The third kappa shape index (κ3) is 17.0. The summed E-state index contributed by atoms with van der Waals surface area (Å²) < 4.78 is 48.0. The van der Waals surface area contributed by atoms with Gasteiger partial charge in [0.15, 0.2) is 0 Å². The zero-order valence-corrected chi connectivity index (χ0v) is 36.9. The summed E-state index contributed by atoms with van der Waals surface area (Å²) in [6.45, 7) is 19.8. The Hall–Kier alpha value is -0.166. The Labute approximate surface area is 321 Å². The Bertz CT molecular complexity index is 856. The van der Waals surface area contributed by atoms with Gasteiger partial charge in [0.05, 0.1) is 25.0 Å². The topological polar surface area (TPSA) is 108 Å². The second kappa shape index (κ2) is 25.8. The first-order chi connectivity index (χ1) is 24.5. The number of rotatable bonds is 28. The van der Waals surface area contributed by atoms with Gasteiger partial charge in [-0.25, -0.2) is 0 Å². The normalized spacial score (nSPS) is 21.8. The van der Waals surface area contributed by atoms with Crippen molar-refractivity contribution in [3.05, 3.63) is 0 Å². The molecule has 0 bridgehead atoms. The van der Waals surface area contributed by atoms with Crippen molar-refractivity contribution in [3.8, 4) is 0 Å². The maximum atomic E-state index is 13.4. The summed E-state index contributed by atoms with van der Waals surface area (Å²) >= 11 is 3.75. The van der Waals surface area contributed by atoms with Crippen molar-refractivity contribution in [1.82, 2.24) is 0 Å². The molecule has 0 aromatic rings. The molecule has 0 saturated heterocycles. The molecule has 2 aliphatic rings. The van der Waals surface area contributed by atoms with Crippen LogP contribution in [0.5, 0.6) is 0 Å². The van der Waals surface area contributed by atoms with Crippen molar-refractivity contribution in [2.75, 3.05) is 64.4 Å². The van der Waals surface area contributed by atoms with E-state index in [1.807, 2.05) is 78.9 Å². The predicted molar refractivity (Wildman–Crippen MR) is 212 cm³/mol. The fourth-order valence-corrected chi connectivity index (χ4v) is 15.6. The molecule has 0 spiro atoms. The molecule has 0 N–H and O–H groups in total. The van der Waals surface area contributed by atoms with Gasteiger partial charge < -0.3 is 36.0 Å². The average Bonchev–Trinajstić information content (AvgIpc) is 3.11. The lowest BCUT2D eigenvalue weighted by Gasteiger charge is -2.33. The Morgan fingerprint density at radius 3 is 1.18 bits per heavy atom. The van der Waals surface area contributed by atoms with Gasteiger partial charge in [0, 0.05) is 67.6 Å². The molecule has 0 heterocycles. The van der Waals surface area contributed by atoms with Gasteiger partial charge in [0.1, 0.15) is 0 Å². The van der Waals surface area contributed by atoms with Gasteiger partial charge in [-0.3, -0.25) is 9.59 Å². The van der Waals surface area contributed by atoms with Crippen molar-refractivity contribution in [2.45, 2.75) is 142 Å². The Morgan fingerprint density at radius 1 is 0.549 bits per heavy atom. The minimum atomic E-state index is -2.66. The van der Waals surface area contributed by atoms with Crippen LogP contribution in [0.1, 0.15) is 120 Å². The minimum absolute atomic E-state index is 0.113. The van der Waals surface area contributed by atoms with E-state index in [0.29, 0.717) is 39.6 Å². The van der Waals surface area contributed by atoms with Crippen molar-refractivity contribution < 1.29 is 45.6 Å². The molecule has 0 aliphatic heterocycles. The van der Waals surface area contributed by atoms with Crippen LogP contribution in [0, 0.1) is 17.3 Å². The molecule has 51 heavy (non-hydrogen) atoms. The van der Waals surface area contributed by atoms with Crippen LogP contribution >= 0.6 is 23.5 Å². The predicted octanol–water partition coefficient (Wildman–Crippen LogP) is 8.56. The van der Waals surface area contributed by atoms with Crippen molar-refractivity contribution in [1.29, 1.82) is 0 Å². The third-order valence-electron chi connectivity index (χ3n) is 9.32. The molecule has 0 radical (unpaired) electrons. The Kier molecular flexibility index (Phi) is 23.8. The smallest absolute Gasteiger partial charge is 0.465 e. The summed E-state index contributed by atoms with van der Waals surface area (Å²) in [5.41, 5.74) is -0.475. The molecule has 300 valence electrons. The molecular formula is C37H72O10S2Si2. The van der Waals surface area contributed by atoms with Gasteiger partial charge in [0.25, 0.3) is 0 Å². The molecule has 0 aromatic carbocycles. The van der Waals surface area contributed by atoms with Crippen molar-refractivity contribution in [3.63, 3.8) is 0 Å². The van der Waals surface area contributed by atoms with Crippen molar-refractivity contribution in [2.24, 2.45) is 17.3 Å². The second-order valence-corrected chi connectivity index (χ2v) is 22.3. The van der Waals surface area contributed by atoms with E-state index in [1.165, 1.54) is 0 Å².